The van der Waals surface area contributed by atoms with Gasteiger partial charge in [0.25, 0.3) is 15.9 Å². The smallest absolute Gasteiger partial charge is 0.410 e. The highest BCUT2D eigenvalue weighted by Gasteiger charge is 2.44. The fourth-order valence-electron chi connectivity index (χ4n) is 7.43. The molecule has 2 bridgehead atoms. The Morgan fingerprint density at radius 2 is 1.98 bits per heavy atom. The Morgan fingerprint density at radius 3 is 2.71 bits per heavy atom. The molecule has 1 N–H and O–H groups in total. The molecule has 2 heterocycles. The van der Waals surface area contributed by atoms with Gasteiger partial charge in [0.1, 0.15) is 11.8 Å². The van der Waals surface area contributed by atoms with Crippen LogP contribution in [0.15, 0.2) is 53.4 Å². The Balaban J connectivity index is 1.43. The number of aryl methyl sites for hydroxylation is 1. The zero-order valence-electron chi connectivity index (χ0n) is 25.8. The molecule has 45 heavy (non-hydrogen) atoms. The van der Waals surface area contributed by atoms with E-state index < -0.39 is 28.1 Å². The van der Waals surface area contributed by atoms with E-state index in [2.05, 4.69) is 21.8 Å². The molecule has 1 fully saturated rings. The molecule has 0 unspecified atom stereocenters. The number of rotatable bonds is 1. The maximum Gasteiger partial charge on any atom is 0.410 e. The molecule has 2 aromatic carbocycles. The summed E-state index contributed by atoms with van der Waals surface area (Å²) in [7, 11) is -1.38. The largest absolute Gasteiger partial charge is 0.490 e. The molecule has 0 saturated heterocycles. The lowest BCUT2D eigenvalue weighted by molar-refractivity contribution is -0.123. The third-order valence-electron chi connectivity index (χ3n) is 10.1. The van der Waals surface area contributed by atoms with Crippen molar-refractivity contribution < 1.29 is 32.2 Å². The van der Waals surface area contributed by atoms with Crippen molar-refractivity contribution in [2.24, 2.45) is 11.8 Å². The summed E-state index contributed by atoms with van der Waals surface area (Å²) in [5.74, 6) is 0.255. The molecule has 2 aliphatic heterocycles. The third-order valence-corrected chi connectivity index (χ3v) is 11.6. The minimum atomic E-state index is -4.28. The first-order valence-corrected chi connectivity index (χ1v) is 17.3. The van der Waals surface area contributed by atoms with Gasteiger partial charge in [-0.05, 0) is 92.3 Å². The van der Waals surface area contributed by atoms with Gasteiger partial charge in [0.15, 0.2) is 0 Å². The standard InChI is InChI=1S/C33H40ClN3O7S/c1-21-31(38)35-45(40,41)25-10-13-30-28(17-25)36(19-33(20-44-30)14-4-6-22-16-24(34)9-12-27(22)33)18-23-8-11-26(23)29(42-2)7-5-15-37(21)32(39)43-3/h5,7,9-10,12-13,16-17,21,23,26,29H,4,6,8,11,14-15,18-20H2,1-3H3,(H,35,38)/b7-5+/t21-,23+,26-,29-,33+/m1/s1. The van der Waals surface area contributed by atoms with Crippen LogP contribution in [0.5, 0.6) is 5.75 Å². The van der Waals surface area contributed by atoms with E-state index in [4.69, 9.17) is 25.8 Å². The lowest BCUT2D eigenvalue weighted by atomic mass is 9.68. The maximum absolute atomic E-state index is 13.6. The maximum atomic E-state index is 13.6. The van der Waals surface area contributed by atoms with E-state index in [1.165, 1.54) is 36.1 Å². The molecule has 2 amide bonds. The Bertz CT molecular complexity index is 1620. The lowest BCUT2D eigenvalue weighted by Crippen LogP contribution is -2.50. The van der Waals surface area contributed by atoms with Crippen LogP contribution < -0.4 is 14.4 Å². The molecule has 1 saturated carbocycles. The predicted octanol–water partition coefficient (Wildman–Crippen LogP) is 4.69. The molecule has 1 spiro atoms. The van der Waals surface area contributed by atoms with Crippen LogP contribution >= 0.6 is 11.6 Å². The van der Waals surface area contributed by atoms with Crippen LogP contribution in [-0.2, 0) is 36.1 Å². The second-order valence-electron chi connectivity index (χ2n) is 12.6. The van der Waals surface area contributed by atoms with Gasteiger partial charge in [-0.15, -0.1) is 0 Å². The van der Waals surface area contributed by atoms with Crippen LogP contribution in [-0.4, -0.2) is 77.9 Å². The monoisotopic (exact) mass is 657 g/mol. The summed E-state index contributed by atoms with van der Waals surface area (Å²) < 4.78 is 46.7. The number of sulfonamides is 1. The average molecular weight is 658 g/mol. The number of nitrogens with zero attached hydrogens (tertiary/aromatic N) is 2. The molecule has 6 rings (SSSR count). The summed E-state index contributed by atoms with van der Waals surface area (Å²) in [5.41, 5.74) is 2.82. The molecular weight excluding hydrogens is 618 g/mol. The van der Waals surface area contributed by atoms with Crippen molar-refractivity contribution >= 4 is 39.3 Å². The summed E-state index contributed by atoms with van der Waals surface area (Å²) in [6.07, 6.45) is 7.63. The van der Waals surface area contributed by atoms with E-state index in [1.54, 1.807) is 25.3 Å². The summed E-state index contributed by atoms with van der Waals surface area (Å²) >= 11 is 6.40. The van der Waals surface area contributed by atoms with Gasteiger partial charge >= 0.3 is 6.09 Å². The third kappa shape index (κ3) is 6.02. The minimum Gasteiger partial charge on any atom is -0.490 e. The Morgan fingerprint density at radius 1 is 1.16 bits per heavy atom. The molecule has 12 heteroatoms. The Labute approximate surface area is 269 Å². The number of carbonyl (C=O) groups is 2. The van der Waals surface area contributed by atoms with Gasteiger partial charge in [-0.2, -0.15) is 0 Å². The fraction of sp³-hybridized carbons (Fsp3) is 0.515. The highest BCUT2D eigenvalue weighted by atomic mass is 35.5. The van der Waals surface area contributed by atoms with E-state index in [-0.39, 0.29) is 34.8 Å². The zero-order valence-corrected chi connectivity index (χ0v) is 27.4. The number of benzene rings is 2. The van der Waals surface area contributed by atoms with Crippen molar-refractivity contribution in [3.63, 3.8) is 0 Å². The minimum absolute atomic E-state index is 0.0484. The van der Waals surface area contributed by atoms with Gasteiger partial charge in [0.2, 0.25) is 0 Å². The summed E-state index contributed by atoms with van der Waals surface area (Å²) in [5, 5.41) is 0.713. The van der Waals surface area contributed by atoms with Crippen LogP contribution in [0.2, 0.25) is 5.02 Å². The highest BCUT2D eigenvalue weighted by Crippen LogP contribution is 2.47. The number of carbonyl (C=O) groups excluding carboxylic acids is 2. The summed E-state index contributed by atoms with van der Waals surface area (Å²) in [6.45, 7) is 3.29. The molecule has 10 nitrogen and oxygen atoms in total. The number of nitrogens with one attached hydrogen (secondary N) is 1. The Hall–Kier alpha value is -3.28. The van der Waals surface area contributed by atoms with Crippen molar-refractivity contribution in [1.29, 1.82) is 0 Å². The van der Waals surface area contributed by atoms with Crippen LogP contribution in [0.4, 0.5) is 10.5 Å². The first-order chi connectivity index (χ1) is 21.5. The predicted molar refractivity (Wildman–Crippen MR) is 170 cm³/mol. The van der Waals surface area contributed by atoms with Gasteiger partial charge in [-0.3, -0.25) is 9.69 Å². The molecule has 4 aliphatic rings. The molecule has 2 aliphatic carbocycles. The second-order valence-corrected chi connectivity index (χ2v) is 14.8. The van der Waals surface area contributed by atoms with Crippen molar-refractivity contribution in [3.8, 4) is 5.75 Å². The van der Waals surface area contributed by atoms with Crippen molar-refractivity contribution in [1.82, 2.24) is 9.62 Å². The van der Waals surface area contributed by atoms with E-state index in [1.807, 2.05) is 12.1 Å². The SMILES string of the molecule is COC(=O)N1C/C=C/[C@@H](OC)[C@@H]2CC[C@H]2CN2C[C@@]3(CCCc4cc(Cl)ccc43)COc3ccc(cc32)S(=O)(=O)NC(=O)[C@H]1C. The number of amides is 2. The van der Waals surface area contributed by atoms with Crippen molar-refractivity contribution in [2.75, 3.05) is 45.4 Å². The number of anilines is 1. The van der Waals surface area contributed by atoms with Crippen LogP contribution in [0.1, 0.15) is 43.7 Å². The van der Waals surface area contributed by atoms with E-state index in [0.29, 0.717) is 36.2 Å². The summed E-state index contributed by atoms with van der Waals surface area (Å²) in [4.78, 5) is 29.2. The van der Waals surface area contributed by atoms with E-state index in [9.17, 15) is 18.0 Å². The number of methoxy groups -OCH3 is 2. The molecule has 0 aromatic heterocycles. The van der Waals surface area contributed by atoms with Crippen LogP contribution in [0.25, 0.3) is 0 Å². The molecular formula is C33H40ClN3O7S. The molecule has 5 atom stereocenters. The fourth-order valence-corrected chi connectivity index (χ4v) is 8.69. The van der Waals surface area contributed by atoms with Gasteiger partial charge in [0, 0.05) is 37.2 Å². The molecule has 2 aromatic rings. The first kappa shape index (κ1) is 31.7. The van der Waals surface area contributed by atoms with Gasteiger partial charge in [-0.1, -0.05) is 29.8 Å². The van der Waals surface area contributed by atoms with Crippen LogP contribution in [0.3, 0.4) is 0 Å². The number of halogens is 1. The normalized spacial score (nSPS) is 30.1. The number of hydrogen-bond donors (Lipinski definition) is 1. The van der Waals surface area contributed by atoms with E-state index >= 15 is 0 Å². The second kappa shape index (κ2) is 12.5. The average Bonchev–Trinajstić information content (AvgIpc) is 3.16. The van der Waals surface area contributed by atoms with Gasteiger partial charge in [-0.25, -0.2) is 17.9 Å². The topological polar surface area (TPSA) is 114 Å². The van der Waals surface area contributed by atoms with Crippen LogP contribution in [0, 0.1) is 11.8 Å². The number of hydrogen-bond acceptors (Lipinski definition) is 8. The number of ether oxygens (including phenoxy) is 3. The zero-order chi connectivity index (χ0) is 31.9. The quantitative estimate of drug-likeness (QED) is 0.440. The van der Waals surface area contributed by atoms with Gasteiger partial charge in [0.05, 0.1) is 30.4 Å². The van der Waals surface area contributed by atoms with Crippen molar-refractivity contribution in [2.45, 2.75) is 61.5 Å². The van der Waals surface area contributed by atoms with Gasteiger partial charge < -0.3 is 19.1 Å². The summed E-state index contributed by atoms with van der Waals surface area (Å²) in [6, 6.07) is 9.73. The molecule has 242 valence electrons. The Kier molecular flexibility index (Phi) is 8.80. The molecule has 0 radical (unpaired) electrons. The lowest BCUT2D eigenvalue weighted by Gasteiger charge is -2.46. The highest BCUT2D eigenvalue weighted by molar-refractivity contribution is 7.90. The van der Waals surface area contributed by atoms with E-state index in [0.717, 1.165) is 32.1 Å². The first-order valence-electron chi connectivity index (χ1n) is 15.5. The van der Waals surface area contributed by atoms with Crippen molar-refractivity contribution in [3.05, 3.63) is 64.7 Å². The number of fused-ring (bicyclic) bond motifs is 4.